The van der Waals surface area contributed by atoms with E-state index in [-0.39, 0.29) is 17.4 Å². The average molecular weight is 595 g/mol. The van der Waals surface area contributed by atoms with Gasteiger partial charge in [-0.05, 0) is 107 Å². The summed E-state index contributed by atoms with van der Waals surface area (Å²) in [4.78, 5) is 0. The summed E-state index contributed by atoms with van der Waals surface area (Å²) < 4.78 is 2.02. The van der Waals surface area contributed by atoms with Crippen LogP contribution in [0.2, 0.25) is 0 Å². The first-order chi connectivity index (χ1) is 20.7. The normalized spacial score (nSPS) is 22.0. The summed E-state index contributed by atoms with van der Waals surface area (Å²) in [5.74, 6) is 0. The number of rotatable bonds is 12. The first-order valence-corrected chi connectivity index (χ1v) is 16.5. The van der Waals surface area contributed by atoms with Crippen LogP contribution in [0.5, 0.6) is 0 Å². The van der Waals surface area contributed by atoms with E-state index in [1.54, 1.807) is 0 Å². The molecule has 2 heteroatoms. The van der Waals surface area contributed by atoms with Crippen LogP contribution in [0.25, 0.3) is 0 Å². The van der Waals surface area contributed by atoms with Crippen molar-refractivity contribution < 1.29 is 9.68 Å². The number of aliphatic hydroxyl groups excluding tert-OH is 1. The second-order valence-electron chi connectivity index (χ2n) is 13.9. The van der Waals surface area contributed by atoms with Gasteiger partial charge in [-0.3, -0.25) is 0 Å². The SMILES string of the molecule is CC1=CCCC(C)(C)C1=C/C=C(C)/C=C/C=C(C)/C=C/[N+](=C/C=C(C)/C=C/C=C(C)/C=C/C1=C(C)CCCC1(C)C)CCO. The molecule has 0 aromatic carbocycles. The molecule has 0 amide bonds. The largest absolute Gasteiger partial charge is 0.390 e. The highest BCUT2D eigenvalue weighted by Crippen LogP contribution is 2.41. The minimum atomic E-state index is 0.0954. The van der Waals surface area contributed by atoms with Crippen molar-refractivity contribution in [3.8, 4) is 0 Å². The summed E-state index contributed by atoms with van der Waals surface area (Å²) in [6, 6.07) is 0. The molecule has 0 aliphatic heterocycles. The molecule has 2 aliphatic carbocycles. The first kappa shape index (κ1) is 37.0. The molecule has 1 N–H and O–H groups in total. The molecule has 0 aromatic heterocycles. The lowest BCUT2D eigenvalue weighted by Crippen LogP contribution is -2.19. The van der Waals surface area contributed by atoms with Crippen LogP contribution >= 0.6 is 0 Å². The Labute approximate surface area is 270 Å². The van der Waals surface area contributed by atoms with Crippen molar-refractivity contribution in [2.24, 2.45) is 10.8 Å². The lowest BCUT2D eigenvalue weighted by atomic mass is 9.72. The minimum absolute atomic E-state index is 0.0954. The zero-order valence-electron chi connectivity index (χ0n) is 29.5. The molecular weight excluding hydrogens is 534 g/mol. The number of allylic oxidation sites excluding steroid dienone is 21. The van der Waals surface area contributed by atoms with Gasteiger partial charge in [-0.1, -0.05) is 117 Å². The molecule has 0 saturated carbocycles. The van der Waals surface area contributed by atoms with Gasteiger partial charge in [-0.2, -0.15) is 0 Å². The van der Waals surface area contributed by atoms with Crippen molar-refractivity contribution in [3.63, 3.8) is 0 Å². The van der Waals surface area contributed by atoms with E-state index in [1.807, 2.05) is 17.0 Å². The molecule has 0 spiro atoms. The third kappa shape index (κ3) is 12.8. The van der Waals surface area contributed by atoms with Crippen LogP contribution < -0.4 is 0 Å². The van der Waals surface area contributed by atoms with Crippen molar-refractivity contribution >= 4 is 6.21 Å². The quantitative estimate of drug-likeness (QED) is 0.136. The number of hydrogen-bond donors (Lipinski definition) is 1. The van der Waals surface area contributed by atoms with Gasteiger partial charge >= 0.3 is 0 Å². The number of hydrogen-bond acceptors (Lipinski definition) is 1. The summed E-state index contributed by atoms with van der Waals surface area (Å²) in [7, 11) is 0. The molecule has 0 radical (unpaired) electrons. The molecule has 238 valence electrons. The maximum atomic E-state index is 9.57. The van der Waals surface area contributed by atoms with Crippen molar-refractivity contribution in [1.82, 2.24) is 0 Å². The molecule has 0 bridgehead atoms. The molecule has 0 heterocycles. The van der Waals surface area contributed by atoms with Crippen molar-refractivity contribution in [3.05, 3.63) is 130 Å². The van der Waals surface area contributed by atoms with Crippen LogP contribution in [0.4, 0.5) is 0 Å². The molecule has 0 atom stereocenters. The fraction of sp³-hybridized carbons (Fsp3) is 0.452. The molecule has 0 saturated heterocycles. The summed E-state index contributed by atoms with van der Waals surface area (Å²) in [6.07, 6.45) is 38.6. The van der Waals surface area contributed by atoms with Gasteiger partial charge in [0.25, 0.3) is 0 Å². The fourth-order valence-electron chi connectivity index (χ4n) is 5.89. The zero-order chi connectivity index (χ0) is 32.8. The Kier molecular flexibility index (Phi) is 15.0. The van der Waals surface area contributed by atoms with E-state index in [4.69, 9.17) is 0 Å². The molecule has 0 aromatic rings. The molecule has 0 fully saturated rings. The van der Waals surface area contributed by atoms with Gasteiger partial charge in [-0.15, -0.1) is 0 Å². The Balaban J connectivity index is 2.02. The summed E-state index contributed by atoms with van der Waals surface area (Å²) in [6.45, 7) is 23.0. The molecule has 2 nitrogen and oxygen atoms in total. The first-order valence-electron chi connectivity index (χ1n) is 16.5. The van der Waals surface area contributed by atoms with Gasteiger partial charge in [0.05, 0.1) is 0 Å². The average Bonchev–Trinajstić information content (AvgIpc) is 2.93. The third-order valence-electron chi connectivity index (χ3n) is 8.79. The highest BCUT2D eigenvalue weighted by molar-refractivity contribution is 5.68. The van der Waals surface area contributed by atoms with E-state index in [0.29, 0.717) is 6.54 Å². The van der Waals surface area contributed by atoms with Crippen LogP contribution in [0.15, 0.2) is 130 Å². The smallest absolute Gasteiger partial charge is 0.171 e. The van der Waals surface area contributed by atoms with E-state index >= 15 is 0 Å². The Bertz CT molecular complexity index is 1370. The lowest BCUT2D eigenvalue weighted by molar-refractivity contribution is -0.454. The monoisotopic (exact) mass is 594 g/mol. The Hall–Kier alpha value is -3.23. The van der Waals surface area contributed by atoms with Crippen LogP contribution in [-0.4, -0.2) is 29.0 Å². The summed E-state index contributed by atoms with van der Waals surface area (Å²) in [5, 5.41) is 9.57. The van der Waals surface area contributed by atoms with E-state index in [2.05, 4.69) is 148 Å². The van der Waals surface area contributed by atoms with Crippen LogP contribution in [-0.2, 0) is 0 Å². The minimum Gasteiger partial charge on any atom is -0.390 e. The predicted molar refractivity (Wildman–Crippen MR) is 195 cm³/mol. The second-order valence-corrected chi connectivity index (χ2v) is 13.9. The van der Waals surface area contributed by atoms with Gasteiger partial charge in [0.15, 0.2) is 19.0 Å². The second kappa shape index (κ2) is 17.9. The number of nitrogens with zero attached hydrogens (tertiary/aromatic N) is 1. The van der Waals surface area contributed by atoms with E-state index < -0.39 is 0 Å². The molecular formula is C42H60NO+. The highest BCUT2D eigenvalue weighted by atomic mass is 16.3. The molecule has 44 heavy (non-hydrogen) atoms. The molecule has 0 unspecified atom stereocenters. The fourth-order valence-corrected chi connectivity index (χ4v) is 5.89. The van der Waals surface area contributed by atoms with Crippen LogP contribution in [0.3, 0.4) is 0 Å². The molecule has 2 aliphatic rings. The zero-order valence-corrected chi connectivity index (χ0v) is 29.5. The Morgan fingerprint density at radius 3 is 2.02 bits per heavy atom. The van der Waals surface area contributed by atoms with Crippen molar-refractivity contribution in [2.45, 2.75) is 101 Å². The van der Waals surface area contributed by atoms with Gasteiger partial charge < -0.3 is 5.11 Å². The molecule has 2 rings (SSSR count). The van der Waals surface area contributed by atoms with Gasteiger partial charge in [-0.25, -0.2) is 4.58 Å². The van der Waals surface area contributed by atoms with Gasteiger partial charge in [0.2, 0.25) is 0 Å². The lowest BCUT2D eigenvalue weighted by Gasteiger charge is -2.32. The van der Waals surface area contributed by atoms with Crippen LogP contribution in [0.1, 0.15) is 101 Å². The van der Waals surface area contributed by atoms with E-state index in [1.165, 1.54) is 65.5 Å². The third-order valence-corrected chi connectivity index (χ3v) is 8.79. The van der Waals surface area contributed by atoms with Gasteiger partial charge in [0.1, 0.15) is 6.61 Å². The summed E-state index contributed by atoms with van der Waals surface area (Å²) >= 11 is 0. The predicted octanol–water partition coefficient (Wildman–Crippen LogP) is 11.2. The topological polar surface area (TPSA) is 23.2 Å². The number of aliphatic hydroxyl groups is 1. The van der Waals surface area contributed by atoms with Crippen molar-refractivity contribution in [1.29, 1.82) is 0 Å². The Morgan fingerprint density at radius 2 is 1.41 bits per heavy atom. The van der Waals surface area contributed by atoms with Crippen LogP contribution in [0, 0.1) is 10.8 Å². The van der Waals surface area contributed by atoms with Crippen molar-refractivity contribution in [2.75, 3.05) is 13.2 Å². The highest BCUT2D eigenvalue weighted by Gasteiger charge is 2.27. The summed E-state index contributed by atoms with van der Waals surface area (Å²) in [5.41, 5.74) is 11.1. The standard InChI is InChI=1S/C42H60NO/c1-33(21-23-39-37(5)19-13-27-41(39,7)8)15-11-17-35(3)25-29-43(31-32-44)30-26-36(4)18-12-16-34(2)22-24-40-38(6)20-14-28-42(40,9)10/h11-12,15-19,21-26,29-30,44H,13-14,20,27-28,31-32H2,1-10H3/q+1/b15-11+,18-12+,24-22+,29-25+,33-21+,34-16+,35-17+,36-26+,39-23?,43-30-. The van der Waals surface area contributed by atoms with E-state index in [0.717, 1.165) is 11.1 Å². The maximum absolute atomic E-state index is 9.57. The maximum Gasteiger partial charge on any atom is 0.171 e. The Morgan fingerprint density at radius 1 is 0.795 bits per heavy atom. The van der Waals surface area contributed by atoms with E-state index in [9.17, 15) is 5.11 Å². The van der Waals surface area contributed by atoms with Gasteiger partial charge in [0, 0.05) is 12.2 Å².